The summed E-state index contributed by atoms with van der Waals surface area (Å²) in [7, 11) is 0. The standard InChI is InChI=1S/C34H34FN7/c1-4-29-28(15-21(2)25-18-27(20-36-19-25)38-22(3)16-23-9-6-5-7-10-23)32(42-41-29)34-39-30-13-14-37-31(33(30)40-34)24-11-8-12-26(35)17-24/h4,8,11-15,17-20,23,38,41H,2-3,5-7,9-10,16H2,1H3,(H,39,40)/b28-15+,29-4+. The number of imidazole rings is 1. The average Bonchev–Trinajstić information content (AvgIpc) is 3.61. The van der Waals surface area contributed by atoms with Crippen LogP contribution in [0.4, 0.5) is 10.1 Å². The number of halogens is 1. The molecule has 0 spiro atoms. The van der Waals surface area contributed by atoms with Crippen LogP contribution in [0, 0.1) is 11.7 Å². The van der Waals surface area contributed by atoms with Crippen molar-refractivity contribution in [2.45, 2.75) is 45.4 Å². The van der Waals surface area contributed by atoms with Crippen LogP contribution in [0.1, 0.15) is 51.0 Å². The van der Waals surface area contributed by atoms with Gasteiger partial charge in [-0.2, -0.15) is 5.10 Å². The zero-order chi connectivity index (χ0) is 29.1. The summed E-state index contributed by atoms with van der Waals surface area (Å²) < 4.78 is 14.0. The van der Waals surface area contributed by atoms with Crippen molar-refractivity contribution in [3.05, 3.63) is 95.8 Å². The molecule has 212 valence electrons. The van der Waals surface area contributed by atoms with Gasteiger partial charge in [0.1, 0.15) is 17.0 Å². The van der Waals surface area contributed by atoms with Crippen molar-refractivity contribution in [3.8, 4) is 22.8 Å². The molecule has 4 aromatic heterocycles. The van der Waals surface area contributed by atoms with Crippen molar-refractivity contribution in [3.63, 3.8) is 0 Å². The number of rotatable bonds is 8. The molecule has 42 heavy (non-hydrogen) atoms. The van der Waals surface area contributed by atoms with E-state index in [4.69, 9.17) is 4.98 Å². The van der Waals surface area contributed by atoms with Crippen LogP contribution in [0.2, 0.25) is 0 Å². The molecular formula is C34H34FN7. The molecule has 0 atom stereocenters. The van der Waals surface area contributed by atoms with Crippen LogP contribution in [-0.4, -0.2) is 30.1 Å². The zero-order valence-electron chi connectivity index (χ0n) is 23.8. The molecule has 1 aliphatic carbocycles. The Kier molecular flexibility index (Phi) is 7.77. The SMILES string of the molecule is C=C(CC1CCCCC1)Nc1cncc(C(=C)/C=c2/c(-c3nc4c(-c5cccc(F)c5)nccc4[nH]3)n[nH]/c2=C/C)c1. The quantitative estimate of drug-likeness (QED) is 0.196. The van der Waals surface area contributed by atoms with E-state index < -0.39 is 0 Å². The lowest BCUT2D eigenvalue weighted by Gasteiger charge is -2.22. The van der Waals surface area contributed by atoms with E-state index in [0.29, 0.717) is 34.2 Å². The van der Waals surface area contributed by atoms with Gasteiger partial charge < -0.3 is 10.3 Å². The first-order chi connectivity index (χ1) is 20.5. The Bertz CT molecular complexity index is 1890. The summed E-state index contributed by atoms with van der Waals surface area (Å²) in [6.45, 7) is 10.6. The molecule has 0 amide bonds. The van der Waals surface area contributed by atoms with Crippen molar-refractivity contribution >= 4 is 34.4 Å². The summed E-state index contributed by atoms with van der Waals surface area (Å²) in [5.41, 5.74) is 6.92. The Morgan fingerprint density at radius 2 is 1.95 bits per heavy atom. The highest BCUT2D eigenvalue weighted by Crippen LogP contribution is 2.30. The van der Waals surface area contributed by atoms with E-state index in [2.05, 4.69) is 43.6 Å². The van der Waals surface area contributed by atoms with Gasteiger partial charge in [0.15, 0.2) is 5.82 Å². The van der Waals surface area contributed by atoms with Gasteiger partial charge in [-0.25, -0.2) is 9.37 Å². The third-order valence-electron chi connectivity index (χ3n) is 7.85. The largest absolute Gasteiger partial charge is 0.358 e. The van der Waals surface area contributed by atoms with Crippen molar-refractivity contribution in [1.29, 1.82) is 0 Å². The summed E-state index contributed by atoms with van der Waals surface area (Å²) in [4.78, 5) is 17.2. The van der Waals surface area contributed by atoms with Crippen molar-refractivity contribution in [2.75, 3.05) is 5.32 Å². The number of benzene rings is 1. The topological polar surface area (TPSA) is 95.2 Å². The number of fused-ring (bicyclic) bond motifs is 1. The van der Waals surface area contributed by atoms with Crippen LogP contribution in [0.15, 0.2) is 73.8 Å². The minimum Gasteiger partial charge on any atom is -0.358 e. The molecular weight excluding hydrogens is 525 g/mol. The fourth-order valence-electron chi connectivity index (χ4n) is 5.74. The van der Waals surface area contributed by atoms with Crippen LogP contribution < -0.4 is 15.9 Å². The molecule has 5 aromatic rings. The van der Waals surface area contributed by atoms with E-state index in [1.165, 1.54) is 44.2 Å². The van der Waals surface area contributed by atoms with Gasteiger partial charge in [-0.3, -0.25) is 15.1 Å². The van der Waals surface area contributed by atoms with Gasteiger partial charge in [0.2, 0.25) is 0 Å². The second kappa shape index (κ2) is 11.9. The average molecular weight is 560 g/mol. The first-order valence-electron chi connectivity index (χ1n) is 14.4. The number of nitrogens with one attached hydrogen (secondary N) is 3. The lowest BCUT2D eigenvalue weighted by Crippen LogP contribution is -2.23. The summed E-state index contributed by atoms with van der Waals surface area (Å²) in [5.74, 6) is 0.960. The number of allylic oxidation sites excluding steroid dienone is 2. The first-order valence-corrected chi connectivity index (χ1v) is 14.4. The van der Waals surface area contributed by atoms with Gasteiger partial charge in [-0.1, -0.05) is 63.5 Å². The number of hydrogen-bond acceptors (Lipinski definition) is 5. The predicted molar refractivity (Wildman–Crippen MR) is 168 cm³/mol. The molecule has 0 bridgehead atoms. The van der Waals surface area contributed by atoms with E-state index in [1.807, 2.05) is 43.5 Å². The Morgan fingerprint density at radius 1 is 1.10 bits per heavy atom. The highest BCUT2D eigenvalue weighted by Gasteiger charge is 2.16. The normalized spacial score (nSPS) is 14.9. The molecule has 6 rings (SSSR count). The van der Waals surface area contributed by atoms with Crippen molar-refractivity contribution < 1.29 is 4.39 Å². The summed E-state index contributed by atoms with van der Waals surface area (Å²) in [5, 5.41) is 12.9. The van der Waals surface area contributed by atoms with Crippen LogP contribution in [-0.2, 0) is 0 Å². The van der Waals surface area contributed by atoms with Gasteiger partial charge in [-0.05, 0) is 55.2 Å². The number of hydrogen-bond donors (Lipinski definition) is 3. The van der Waals surface area contributed by atoms with Crippen LogP contribution in [0.25, 0.3) is 51.5 Å². The highest BCUT2D eigenvalue weighted by molar-refractivity contribution is 5.92. The van der Waals surface area contributed by atoms with Gasteiger partial charge in [-0.15, -0.1) is 0 Å². The fourth-order valence-corrected chi connectivity index (χ4v) is 5.74. The number of pyridine rings is 2. The Hall–Kier alpha value is -4.85. The van der Waals surface area contributed by atoms with E-state index in [0.717, 1.165) is 45.0 Å². The lowest BCUT2D eigenvalue weighted by atomic mass is 9.86. The zero-order valence-corrected chi connectivity index (χ0v) is 23.8. The molecule has 8 heteroatoms. The summed E-state index contributed by atoms with van der Waals surface area (Å²) >= 11 is 0. The molecule has 0 aliphatic heterocycles. The summed E-state index contributed by atoms with van der Waals surface area (Å²) in [6, 6.07) is 10.3. The molecule has 1 aliphatic rings. The van der Waals surface area contributed by atoms with Crippen molar-refractivity contribution in [1.82, 2.24) is 30.1 Å². The molecule has 0 unspecified atom stereocenters. The molecule has 7 nitrogen and oxygen atoms in total. The lowest BCUT2D eigenvalue weighted by molar-refractivity contribution is 0.357. The number of nitrogens with zero attached hydrogens (tertiary/aromatic N) is 4. The van der Waals surface area contributed by atoms with E-state index in [9.17, 15) is 4.39 Å². The minimum absolute atomic E-state index is 0.324. The van der Waals surface area contributed by atoms with E-state index >= 15 is 0 Å². The first kappa shape index (κ1) is 27.3. The highest BCUT2D eigenvalue weighted by atomic mass is 19.1. The molecule has 1 aromatic carbocycles. The molecule has 0 radical (unpaired) electrons. The van der Waals surface area contributed by atoms with Gasteiger partial charge in [0.05, 0.1) is 28.4 Å². The van der Waals surface area contributed by atoms with Crippen molar-refractivity contribution in [2.24, 2.45) is 5.92 Å². The van der Waals surface area contributed by atoms with Gasteiger partial charge in [0.25, 0.3) is 0 Å². The second-order valence-corrected chi connectivity index (χ2v) is 10.9. The molecule has 1 saturated carbocycles. The molecule has 1 fully saturated rings. The van der Waals surface area contributed by atoms with E-state index in [-0.39, 0.29) is 5.82 Å². The third kappa shape index (κ3) is 5.79. The number of aromatic nitrogens is 6. The van der Waals surface area contributed by atoms with E-state index in [1.54, 1.807) is 18.5 Å². The van der Waals surface area contributed by atoms with Gasteiger partial charge >= 0.3 is 0 Å². The number of aromatic amines is 2. The molecule has 4 heterocycles. The smallest absolute Gasteiger partial charge is 0.159 e. The summed E-state index contributed by atoms with van der Waals surface area (Å²) in [6.07, 6.45) is 16.8. The minimum atomic E-state index is -0.324. The maximum Gasteiger partial charge on any atom is 0.159 e. The van der Waals surface area contributed by atoms with Gasteiger partial charge in [0, 0.05) is 34.4 Å². The third-order valence-corrected chi connectivity index (χ3v) is 7.85. The monoisotopic (exact) mass is 559 g/mol. The Morgan fingerprint density at radius 3 is 2.76 bits per heavy atom. The number of anilines is 1. The Labute approximate surface area is 244 Å². The maximum absolute atomic E-state index is 14.0. The van der Waals surface area contributed by atoms with Crippen LogP contribution >= 0.6 is 0 Å². The van der Waals surface area contributed by atoms with Crippen LogP contribution in [0.5, 0.6) is 0 Å². The Balaban J connectivity index is 1.31. The predicted octanol–water partition coefficient (Wildman–Crippen LogP) is 6.74. The van der Waals surface area contributed by atoms with Crippen LogP contribution in [0.3, 0.4) is 0 Å². The molecule has 3 N–H and O–H groups in total. The second-order valence-electron chi connectivity index (χ2n) is 10.9. The molecule has 0 saturated heterocycles. The number of H-pyrrole nitrogens is 2. The maximum atomic E-state index is 14.0. The fraction of sp³-hybridized carbons (Fsp3) is 0.235.